The predicted octanol–water partition coefficient (Wildman–Crippen LogP) is 4.58. The van der Waals surface area contributed by atoms with Gasteiger partial charge in [-0.3, -0.25) is 4.79 Å². The number of hydrogen-bond donors (Lipinski definition) is 1. The zero-order chi connectivity index (χ0) is 15.6. The first-order chi connectivity index (χ1) is 9.88. The molecular weight excluding hydrogens is 354 g/mol. The van der Waals surface area contributed by atoms with Gasteiger partial charge in [0.15, 0.2) is 5.69 Å². The van der Waals surface area contributed by atoms with Gasteiger partial charge in [-0.2, -0.15) is 0 Å². The van der Waals surface area contributed by atoms with E-state index >= 15 is 0 Å². The number of amides is 1. The van der Waals surface area contributed by atoms with Crippen LogP contribution in [-0.4, -0.2) is 15.9 Å². The minimum atomic E-state index is -0.347. The number of aromatic nitrogens is 2. The molecule has 4 nitrogen and oxygen atoms in total. The molecule has 2 rings (SSSR count). The molecule has 1 aromatic carbocycles. The molecular formula is C15H15BrClN3O. The minimum absolute atomic E-state index is 0.127. The van der Waals surface area contributed by atoms with Gasteiger partial charge in [0.1, 0.15) is 5.82 Å². The van der Waals surface area contributed by atoms with E-state index in [9.17, 15) is 4.79 Å². The molecule has 0 spiro atoms. The van der Waals surface area contributed by atoms with Crippen molar-refractivity contribution in [1.82, 2.24) is 9.97 Å². The monoisotopic (exact) mass is 367 g/mol. The number of halogens is 2. The topological polar surface area (TPSA) is 54.9 Å². The summed E-state index contributed by atoms with van der Waals surface area (Å²) in [5.41, 5.74) is 1.96. The smallest absolute Gasteiger partial charge is 0.275 e. The van der Waals surface area contributed by atoms with Crippen LogP contribution in [0.4, 0.5) is 5.69 Å². The molecule has 1 heterocycles. The number of aryl methyl sites for hydroxylation is 1. The number of rotatable bonds is 3. The van der Waals surface area contributed by atoms with Crippen LogP contribution in [0.3, 0.4) is 0 Å². The number of carbonyl (C=O) groups is 1. The van der Waals surface area contributed by atoms with E-state index in [2.05, 4.69) is 31.2 Å². The average molecular weight is 369 g/mol. The van der Waals surface area contributed by atoms with Crippen molar-refractivity contribution in [3.05, 3.63) is 51.0 Å². The lowest BCUT2D eigenvalue weighted by Gasteiger charge is -2.09. The predicted molar refractivity (Wildman–Crippen MR) is 88.0 cm³/mol. The molecule has 0 aliphatic rings. The highest BCUT2D eigenvalue weighted by atomic mass is 79.9. The van der Waals surface area contributed by atoms with Crippen LogP contribution >= 0.6 is 27.5 Å². The summed E-state index contributed by atoms with van der Waals surface area (Å²) in [6, 6.07) is 5.59. The molecule has 0 bridgehead atoms. The van der Waals surface area contributed by atoms with Crippen LogP contribution < -0.4 is 5.32 Å². The van der Waals surface area contributed by atoms with Crippen molar-refractivity contribution < 1.29 is 4.79 Å². The van der Waals surface area contributed by atoms with Gasteiger partial charge in [0.25, 0.3) is 5.91 Å². The Bertz CT molecular complexity index is 689. The van der Waals surface area contributed by atoms with E-state index < -0.39 is 0 Å². The average Bonchev–Trinajstić information content (AvgIpc) is 2.43. The van der Waals surface area contributed by atoms with Gasteiger partial charge in [0, 0.05) is 16.1 Å². The third kappa shape index (κ3) is 3.80. The molecule has 0 aliphatic heterocycles. The molecule has 1 N–H and O–H groups in total. The van der Waals surface area contributed by atoms with Gasteiger partial charge in [-0.25, -0.2) is 9.97 Å². The Morgan fingerprint density at radius 1 is 1.38 bits per heavy atom. The Balaban J connectivity index is 2.27. The summed E-state index contributed by atoms with van der Waals surface area (Å²) in [5.74, 6) is 0.372. The molecule has 0 radical (unpaired) electrons. The maximum absolute atomic E-state index is 12.3. The standard InChI is InChI=1S/C15H15BrClN3O/c1-8(2)14-18-7-12(17)13(20-14)15(21)19-10-5-4-9(3)11(16)6-10/h4-8H,1-3H3,(H,19,21). The molecule has 0 fully saturated rings. The van der Waals surface area contributed by atoms with E-state index in [1.165, 1.54) is 6.20 Å². The Kier molecular flexibility index (Phi) is 4.96. The van der Waals surface area contributed by atoms with E-state index in [-0.39, 0.29) is 22.5 Å². The SMILES string of the molecule is Cc1ccc(NC(=O)c2nc(C(C)C)ncc2Cl)cc1Br. The lowest BCUT2D eigenvalue weighted by Crippen LogP contribution is -2.16. The van der Waals surface area contributed by atoms with Crippen molar-refractivity contribution in [3.8, 4) is 0 Å². The molecule has 0 saturated heterocycles. The first-order valence-corrected chi connectivity index (χ1v) is 7.65. The second-order valence-electron chi connectivity index (χ2n) is 5.00. The summed E-state index contributed by atoms with van der Waals surface area (Å²) in [5, 5.41) is 3.03. The van der Waals surface area contributed by atoms with Crippen molar-refractivity contribution in [2.75, 3.05) is 5.32 Å². The van der Waals surface area contributed by atoms with Gasteiger partial charge in [-0.1, -0.05) is 47.4 Å². The summed E-state index contributed by atoms with van der Waals surface area (Å²) in [4.78, 5) is 20.7. The van der Waals surface area contributed by atoms with Crippen LogP contribution in [0.1, 0.15) is 41.6 Å². The van der Waals surface area contributed by atoms with Gasteiger partial charge in [-0.15, -0.1) is 0 Å². The Morgan fingerprint density at radius 2 is 2.10 bits per heavy atom. The van der Waals surface area contributed by atoms with E-state index in [0.29, 0.717) is 11.5 Å². The first kappa shape index (κ1) is 15.9. The van der Waals surface area contributed by atoms with Crippen molar-refractivity contribution in [3.63, 3.8) is 0 Å². The summed E-state index contributed by atoms with van der Waals surface area (Å²) in [7, 11) is 0. The summed E-state index contributed by atoms with van der Waals surface area (Å²) >= 11 is 9.46. The Hall–Kier alpha value is -1.46. The Morgan fingerprint density at radius 3 is 2.71 bits per heavy atom. The lowest BCUT2D eigenvalue weighted by molar-refractivity contribution is 0.102. The van der Waals surface area contributed by atoms with Crippen LogP contribution in [0.15, 0.2) is 28.9 Å². The zero-order valence-corrected chi connectivity index (χ0v) is 14.3. The minimum Gasteiger partial charge on any atom is -0.321 e. The number of benzene rings is 1. The zero-order valence-electron chi connectivity index (χ0n) is 11.9. The third-order valence-electron chi connectivity index (χ3n) is 2.92. The fourth-order valence-electron chi connectivity index (χ4n) is 1.68. The summed E-state index contributed by atoms with van der Waals surface area (Å²) < 4.78 is 0.928. The highest BCUT2D eigenvalue weighted by Crippen LogP contribution is 2.22. The second kappa shape index (κ2) is 6.54. The maximum atomic E-state index is 12.3. The molecule has 1 amide bonds. The van der Waals surface area contributed by atoms with Crippen molar-refractivity contribution in [2.24, 2.45) is 0 Å². The normalized spacial score (nSPS) is 10.8. The number of hydrogen-bond acceptors (Lipinski definition) is 3. The number of carbonyl (C=O) groups excluding carboxylic acids is 1. The van der Waals surface area contributed by atoms with Crippen molar-refractivity contribution >= 4 is 39.1 Å². The first-order valence-electron chi connectivity index (χ1n) is 6.48. The second-order valence-corrected chi connectivity index (χ2v) is 6.26. The van der Waals surface area contributed by atoms with Crippen molar-refractivity contribution in [1.29, 1.82) is 0 Å². The largest absolute Gasteiger partial charge is 0.321 e. The number of nitrogens with one attached hydrogen (secondary N) is 1. The van der Waals surface area contributed by atoms with Crippen LogP contribution in [0.2, 0.25) is 5.02 Å². The fourth-order valence-corrected chi connectivity index (χ4v) is 2.23. The van der Waals surface area contributed by atoms with E-state index in [1.54, 1.807) is 0 Å². The van der Waals surface area contributed by atoms with E-state index in [4.69, 9.17) is 11.6 Å². The van der Waals surface area contributed by atoms with E-state index in [1.807, 2.05) is 39.0 Å². The third-order valence-corrected chi connectivity index (χ3v) is 4.05. The molecule has 6 heteroatoms. The molecule has 21 heavy (non-hydrogen) atoms. The van der Waals surface area contributed by atoms with E-state index in [0.717, 1.165) is 10.0 Å². The Labute approximate surface area is 137 Å². The summed E-state index contributed by atoms with van der Waals surface area (Å²) in [6.07, 6.45) is 1.46. The van der Waals surface area contributed by atoms with Gasteiger partial charge >= 0.3 is 0 Å². The maximum Gasteiger partial charge on any atom is 0.275 e. The van der Waals surface area contributed by atoms with Crippen molar-refractivity contribution in [2.45, 2.75) is 26.7 Å². The quantitative estimate of drug-likeness (QED) is 0.863. The number of anilines is 1. The van der Waals surface area contributed by atoms with Gasteiger partial charge < -0.3 is 5.32 Å². The van der Waals surface area contributed by atoms with Crippen LogP contribution in [0, 0.1) is 6.92 Å². The van der Waals surface area contributed by atoms with Crippen LogP contribution in [0.5, 0.6) is 0 Å². The molecule has 1 aromatic heterocycles. The molecule has 0 aliphatic carbocycles. The number of nitrogens with zero attached hydrogens (tertiary/aromatic N) is 2. The highest BCUT2D eigenvalue weighted by molar-refractivity contribution is 9.10. The van der Waals surface area contributed by atoms with Gasteiger partial charge in [0.05, 0.1) is 11.2 Å². The lowest BCUT2D eigenvalue weighted by atomic mass is 10.2. The van der Waals surface area contributed by atoms with Crippen LogP contribution in [-0.2, 0) is 0 Å². The van der Waals surface area contributed by atoms with Gasteiger partial charge in [-0.05, 0) is 24.6 Å². The molecule has 2 aromatic rings. The highest BCUT2D eigenvalue weighted by Gasteiger charge is 2.16. The molecule has 0 unspecified atom stereocenters. The van der Waals surface area contributed by atoms with Crippen LogP contribution in [0.25, 0.3) is 0 Å². The fraction of sp³-hybridized carbons (Fsp3) is 0.267. The summed E-state index contributed by atoms with van der Waals surface area (Å²) in [6.45, 7) is 5.90. The molecule has 0 saturated carbocycles. The molecule has 0 atom stereocenters. The van der Waals surface area contributed by atoms with Gasteiger partial charge in [0.2, 0.25) is 0 Å². The molecule has 110 valence electrons.